The maximum absolute atomic E-state index is 12.8. The molecule has 2 unspecified atom stereocenters. The first-order valence-corrected chi connectivity index (χ1v) is 6.59. The molecular formula is C14H23FN2O2. The standard InChI is InChI=1S/C14H23FN2O2/c1-4-17(7-8-19-3)10-11(2)14(18)13-6-5-12(15)9-16-13/h5-6,9,11,14,18H,4,7-8,10H2,1-3H3. The van der Waals surface area contributed by atoms with E-state index in [1.54, 1.807) is 7.11 Å². The minimum atomic E-state index is -0.683. The number of aliphatic hydroxyl groups is 1. The fourth-order valence-corrected chi connectivity index (χ4v) is 1.96. The first kappa shape index (κ1) is 16.0. The summed E-state index contributed by atoms with van der Waals surface area (Å²) >= 11 is 0. The number of likely N-dealkylation sites (N-methyl/N-ethyl adjacent to an activating group) is 1. The second-order valence-electron chi connectivity index (χ2n) is 4.71. The Balaban J connectivity index is 2.55. The van der Waals surface area contributed by atoms with Gasteiger partial charge in [-0.3, -0.25) is 4.98 Å². The van der Waals surface area contributed by atoms with Crippen LogP contribution in [0.1, 0.15) is 25.6 Å². The lowest BCUT2D eigenvalue weighted by molar-refractivity contribution is 0.0752. The number of ether oxygens (including phenoxy) is 1. The molecule has 4 nitrogen and oxygen atoms in total. The molecule has 1 heterocycles. The van der Waals surface area contributed by atoms with Gasteiger partial charge >= 0.3 is 0 Å². The molecule has 0 aliphatic rings. The van der Waals surface area contributed by atoms with Crippen molar-refractivity contribution < 1.29 is 14.2 Å². The summed E-state index contributed by atoms with van der Waals surface area (Å²) < 4.78 is 17.8. The first-order chi connectivity index (χ1) is 9.08. The van der Waals surface area contributed by atoms with E-state index in [2.05, 4.69) is 16.8 Å². The highest BCUT2D eigenvalue weighted by Gasteiger charge is 2.20. The Hall–Kier alpha value is -1.04. The fraction of sp³-hybridized carbons (Fsp3) is 0.643. The smallest absolute Gasteiger partial charge is 0.141 e. The first-order valence-electron chi connectivity index (χ1n) is 6.59. The third-order valence-corrected chi connectivity index (χ3v) is 3.20. The Labute approximate surface area is 114 Å². The molecule has 2 atom stereocenters. The Kier molecular flexibility index (Phi) is 6.91. The van der Waals surface area contributed by atoms with Crippen LogP contribution in [0.5, 0.6) is 0 Å². The van der Waals surface area contributed by atoms with Crippen molar-refractivity contribution in [2.75, 3.05) is 33.4 Å². The molecule has 0 bridgehead atoms. The summed E-state index contributed by atoms with van der Waals surface area (Å²) in [6.07, 6.45) is 0.450. The van der Waals surface area contributed by atoms with Crippen LogP contribution in [0.2, 0.25) is 0 Å². The molecule has 1 aromatic heterocycles. The molecule has 0 aliphatic carbocycles. The third kappa shape index (κ3) is 5.22. The van der Waals surface area contributed by atoms with E-state index in [0.717, 1.165) is 25.8 Å². The molecular weight excluding hydrogens is 247 g/mol. The minimum absolute atomic E-state index is 0.0229. The van der Waals surface area contributed by atoms with Crippen LogP contribution >= 0.6 is 0 Å². The summed E-state index contributed by atoms with van der Waals surface area (Å²) in [4.78, 5) is 6.14. The molecule has 108 valence electrons. The van der Waals surface area contributed by atoms with E-state index < -0.39 is 6.10 Å². The van der Waals surface area contributed by atoms with Crippen molar-refractivity contribution >= 4 is 0 Å². The van der Waals surface area contributed by atoms with E-state index in [0.29, 0.717) is 12.3 Å². The van der Waals surface area contributed by atoms with E-state index in [1.165, 1.54) is 12.1 Å². The van der Waals surface area contributed by atoms with Gasteiger partial charge in [0.2, 0.25) is 0 Å². The molecule has 0 saturated carbocycles. The second-order valence-corrected chi connectivity index (χ2v) is 4.71. The number of hydrogen-bond donors (Lipinski definition) is 1. The van der Waals surface area contributed by atoms with Crippen LogP contribution in [0.4, 0.5) is 4.39 Å². The van der Waals surface area contributed by atoms with E-state index in [4.69, 9.17) is 4.74 Å². The minimum Gasteiger partial charge on any atom is -0.386 e. The molecule has 0 saturated heterocycles. The highest BCUT2D eigenvalue weighted by molar-refractivity contribution is 5.08. The predicted octanol–water partition coefficient (Wildman–Crippen LogP) is 1.86. The molecule has 5 heteroatoms. The van der Waals surface area contributed by atoms with Crippen molar-refractivity contribution in [2.24, 2.45) is 5.92 Å². The van der Waals surface area contributed by atoms with Gasteiger partial charge in [-0.05, 0) is 18.7 Å². The van der Waals surface area contributed by atoms with E-state index in [9.17, 15) is 9.50 Å². The van der Waals surface area contributed by atoms with Gasteiger partial charge in [-0.15, -0.1) is 0 Å². The van der Waals surface area contributed by atoms with Gasteiger partial charge < -0.3 is 14.7 Å². The summed E-state index contributed by atoms with van der Waals surface area (Å²) in [6, 6.07) is 2.85. The van der Waals surface area contributed by atoms with Crippen LogP contribution in [0.15, 0.2) is 18.3 Å². The quantitative estimate of drug-likeness (QED) is 0.783. The van der Waals surface area contributed by atoms with Crippen LogP contribution in [0.25, 0.3) is 0 Å². The molecule has 0 aliphatic heterocycles. The summed E-state index contributed by atoms with van der Waals surface area (Å²) in [7, 11) is 1.68. The topological polar surface area (TPSA) is 45.6 Å². The second kappa shape index (κ2) is 8.19. The van der Waals surface area contributed by atoms with Gasteiger partial charge in [0.1, 0.15) is 5.82 Å². The lowest BCUT2D eigenvalue weighted by Crippen LogP contribution is -2.33. The molecule has 0 radical (unpaired) electrons. The number of hydrogen-bond acceptors (Lipinski definition) is 4. The monoisotopic (exact) mass is 270 g/mol. The lowest BCUT2D eigenvalue weighted by atomic mass is 10.0. The van der Waals surface area contributed by atoms with Crippen molar-refractivity contribution in [2.45, 2.75) is 20.0 Å². The van der Waals surface area contributed by atoms with E-state index in [1.807, 2.05) is 6.92 Å². The van der Waals surface area contributed by atoms with Crippen LogP contribution in [-0.2, 0) is 4.74 Å². The van der Waals surface area contributed by atoms with Crippen molar-refractivity contribution in [3.63, 3.8) is 0 Å². The summed E-state index contributed by atoms with van der Waals surface area (Å²) in [5.41, 5.74) is 0.511. The molecule has 1 rings (SSSR count). The maximum atomic E-state index is 12.8. The zero-order valence-electron chi connectivity index (χ0n) is 11.8. The largest absolute Gasteiger partial charge is 0.386 e. The zero-order valence-corrected chi connectivity index (χ0v) is 11.8. The maximum Gasteiger partial charge on any atom is 0.141 e. The van der Waals surface area contributed by atoms with Gasteiger partial charge in [0, 0.05) is 26.1 Å². The molecule has 0 spiro atoms. The van der Waals surface area contributed by atoms with Gasteiger partial charge in [0.25, 0.3) is 0 Å². The molecule has 0 fully saturated rings. The molecule has 1 aromatic rings. The lowest BCUT2D eigenvalue weighted by Gasteiger charge is -2.26. The summed E-state index contributed by atoms with van der Waals surface area (Å²) in [6.45, 7) is 7.19. The molecule has 0 aromatic carbocycles. The summed E-state index contributed by atoms with van der Waals surface area (Å²) in [5, 5.41) is 10.2. The normalized spacial score (nSPS) is 14.6. The molecule has 19 heavy (non-hydrogen) atoms. The van der Waals surface area contributed by atoms with Gasteiger partial charge in [0.15, 0.2) is 0 Å². The van der Waals surface area contributed by atoms with Crippen LogP contribution < -0.4 is 0 Å². The average molecular weight is 270 g/mol. The third-order valence-electron chi connectivity index (χ3n) is 3.20. The number of pyridine rings is 1. The van der Waals surface area contributed by atoms with Crippen molar-refractivity contribution in [3.05, 3.63) is 29.8 Å². The van der Waals surface area contributed by atoms with Gasteiger partial charge in [-0.1, -0.05) is 13.8 Å². The zero-order chi connectivity index (χ0) is 14.3. The highest BCUT2D eigenvalue weighted by Crippen LogP contribution is 2.20. The summed E-state index contributed by atoms with van der Waals surface area (Å²) in [5.74, 6) is -0.367. The van der Waals surface area contributed by atoms with Gasteiger partial charge in [-0.2, -0.15) is 0 Å². The fourth-order valence-electron chi connectivity index (χ4n) is 1.96. The molecule has 1 N–H and O–H groups in total. The number of rotatable bonds is 8. The van der Waals surface area contributed by atoms with E-state index in [-0.39, 0.29) is 11.7 Å². The number of halogens is 1. The van der Waals surface area contributed by atoms with Gasteiger partial charge in [0.05, 0.1) is 24.6 Å². The number of nitrogens with zero attached hydrogens (tertiary/aromatic N) is 2. The number of aliphatic hydroxyl groups excluding tert-OH is 1. The average Bonchev–Trinajstić information content (AvgIpc) is 2.43. The van der Waals surface area contributed by atoms with Crippen molar-refractivity contribution in [1.82, 2.24) is 9.88 Å². The van der Waals surface area contributed by atoms with E-state index >= 15 is 0 Å². The Morgan fingerprint density at radius 3 is 2.74 bits per heavy atom. The molecule has 0 amide bonds. The van der Waals surface area contributed by atoms with Crippen LogP contribution in [-0.4, -0.2) is 48.3 Å². The Bertz CT molecular complexity index is 359. The number of methoxy groups -OCH3 is 1. The van der Waals surface area contributed by atoms with Crippen molar-refractivity contribution in [1.29, 1.82) is 0 Å². The predicted molar refractivity (Wildman–Crippen MR) is 72.3 cm³/mol. The van der Waals surface area contributed by atoms with Crippen LogP contribution in [0.3, 0.4) is 0 Å². The highest BCUT2D eigenvalue weighted by atomic mass is 19.1. The van der Waals surface area contributed by atoms with Crippen molar-refractivity contribution in [3.8, 4) is 0 Å². The Morgan fingerprint density at radius 2 is 2.21 bits per heavy atom. The Morgan fingerprint density at radius 1 is 1.47 bits per heavy atom. The van der Waals surface area contributed by atoms with Crippen LogP contribution in [0, 0.1) is 11.7 Å². The number of aromatic nitrogens is 1. The SMILES string of the molecule is CCN(CCOC)CC(C)C(O)c1ccc(F)cn1. The van der Waals surface area contributed by atoms with Gasteiger partial charge in [-0.25, -0.2) is 4.39 Å².